The van der Waals surface area contributed by atoms with Crippen molar-refractivity contribution in [3.63, 3.8) is 0 Å². The molecule has 1 aliphatic heterocycles. The van der Waals surface area contributed by atoms with E-state index in [0.717, 1.165) is 9.80 Å². The Morgan fingerprint density at radius 2 is 2.38 bits per heavy atom. The van der Waals surface area contributed by atoms with Crippen LogP contribution in [0.3, 0.4) is 0 Å². The van der Waals surface area contributed by atoms with Crippen LogP contribution in [0.15, 0.2) is 16.7 Å². The lowest BCUT2D eigenvalue weighted by molar-refractivity contribution is -0.117. The first-order chi connectivity index (χ1) is 7.61. The van der Waals surface area contributed by atoms with Gasteiger partial charge in [-0.3, -0.25) is 4.79 Å². The third kappa shape index (κ3) is 2.41. The Labute approximate surface area is 115 Å². The van der Waals surface area contributed by atoms with Crippen molar-refractivity contribution in [2.45, 2.75) is 6.42 Å². The second-order valence-electron chi connectivity index (χ2n) is 3.69. The summed E-state index contributed by atoms with van der Waals surface area (Å²) < 4.78 is 0.821. The largest absolute Gasteiger partial charge is 0.309 e. The Balaban J connectivity index is 2.30. The van der Waals surface area contributed by atoms with Crippen LogP contribution in [0.2, 0.25) is 5.15 Å². The van der Waals surface area contributed by atoms with Gasteiger partial charge in [-0.1, -0.05) is 27.5 Å². The molecule has 1 aromatic heterocycles. The molecule has 0 aliphatic carbocycles. The first kappa shape index (κ1) is 12.3. The molecule has 1 aliphatic rings. The fourth-order valence-corrected chi connectivity index (χ4v) is 2.68. The second kappa shape index (κ2) is 5.02. The molecule has 86 valence electrons. The van der Waals surface area contributed by atoms with Gasteiger partial charge in [-0.2, -0.15) is 0 Å². The molecule has 1 unspecified atom stereocenters. The summed E-state index contributed by atoms with van der Waals surface area (Å²) in [5.74, 6) is 0.453. The second-order valence-corrected chi connectivity index (χ2v) is 5.61. The lowest BCUT2D eigenvalue weighted by atomic mass is 10.2. The van der Waals surface area contributed by atoms with Crippen molar-refractivity contribution in [3.05, 3.63) is 21.9 Å². The maximum atomic E-state index is 11.8. The quantitative estimate of drug-likeness (QED) is 0.593. The van der Waals surface area contributed by atoms with Gasteiger partial charge < -0.3 is 4.90 Å². The van der Waals surface area contributed by atoms with Crippen molar-refractivity contribution in [1.29, 1.82) is 0 Å². The number of carbonyl (C=O) groups is 1. The van der Waals surface area contributed by atoms with E-state index in [9.17, 15) is 4.79 Å². The standard InChI is InChI=1S/C10H9Br2ClN2O/c11-3-6-1-9(16)15(5-6)8-2-7(12)4-14-10(8)13/h2,4,6H,1,3,5H2. The molecule has 1 atom stereocenters. The Kier molecular flexibility index (Phi) is 3.87. The van der Waals surface area contributed by atoms with Gasteiger partial charge in [-0.05, 0) is 27.9 Å². The Morgan fingerprint density at radius 3 is 3.00 bits per heavy atom. The molecule has 0 spiro atoms. The molecule has 1 amide bonds. The summed E-state index contributed by atoms with van der Waals surface area (Å²) >= 11 is 12.7. The number of aromatic nitrogens is 1. The van der Waals surface area contributed by atoms with E-state index in [4.69, 9.17) is 11.6 Å². The van der Waals surface area contributed by atoms with Crippen LogP contribution in [-0.4, -0.2) is 22.8 Å². The van der Waals surface area contributed by atoms with Crippen molar-refractivity contribution in [1.82, 2.24) is 4.98 Å². The van der Waals surface area contributed by atoms with Gasteiger partial charge in [0.05, 0.1) is 5.69 Å². The van der Waals surface area contributed by atoms with Gasteiger partial charge >= 0.3 is 0 Å². The van der Waals surface area contributed by atoms with Crippen molar-refractivity contribution in [2.75, 3.05) is 16.8 Å². The van der Waals surface area contributed by atoms with Crippen LogP contribution in [0.25, 0.3) is 0 Å². The minimum atomic E-state index is 0.103. The van der Waals surface area contributed by atoms with E-state index in [1.165, 1.54) is 0 Å². The molecule has 1 fully saturated rings. The molecule has 0 bridgehead atoms. The minimum absolute atomic E-state index is 0.103. The van der Waals surface area contributed by atoms with Crippen LogP contribution in [0.4, 0.5) is 5.69 Å². The summed E-state index contributed by atoms with van der Waals surface area (Å²) in [6, 6.07) is 1.82. The molecule has 0 N–H and O–H groups in total. The third-order valence-electron chi connectivity index (χ3n) is 2.50. The highest BCUT2D eigenvalue weighted by Crippen LogP contribution is 2.32. The monoisotopic (exact) mass is 366 g/mol. The number of carbonyl (C=O) groups excluding carboxylic acids is 1. The maximum Gasteiger partial charge on any atom is 0.227 e. The van der Waals surface area contributed by atoms with Gasteiger partial charge in [-0.25, -0.2) is 4.98 Å². The highest BCUT2D eigenvalue weighted by Gasteiger charge is 2.31. The molecule has 0 radical (unpaired) electrons. The number of anilines is 1. The Bertz CT molecular complexity index is 427. The summed E-state index contributed by atoms with van der Waals surface area (Å²) in [7, 11) is 0. The van der Waals surface area contributed by atoms with Gasteiger partial charge in [0, 0.05) is 29.0 Å². The minimum Gasteiger partial charge on any atom is -0.309 e. The number of hydrogen-bond donors (Lipinski definition) is 0. The van der Waals surface area contributed by atoms with Crippen LogP contribution < -0.4 is 4.90 Å². The number of amides is 1. The first-order valence-electron chi connectivity index (χ1n) is 4.79. The van der Waals surface area contributed by atoms with E-state index in [0.29, 0.717) is 29.7 Å². The summed E-state index contributed by atoms with van der Waals surface area (Å²) in [5, 5.41) is 1.20. The lowest BCUT2D eigenvalue weighted by Gasteiger charge is -2.17. The van der Waals surface area contributed by atoms with Gasteiger partial charge in [0.25, 0.3) is 0 Å². The summed E-state index contributed by atoms with van der Waals surface area (Å²) in [6.07, 6.45) is 2.18. The molecule has 2 heterocycles. The third-order valence-corrected chi connectivity index (χ3v) is 4.14. The van der Waals surface area contributed by atoms with Crippen molar-refractivity contribution in [3.8, 4) is 0 Å². The number of rotatable bonds is 2. The van der Waals surface area contributed by atoms with E-state index >= 15 is 0 Å². The molecule has 1 aromatic rings. The van der Waals surface area contributed by atoms with Crippen LogP contribution in [0, 0.1) is 5.92 Å². The zero-order valence-electron chi connectivity index (χ0n) is 8.29. The fraction of sp³-hybridized carbons (Fsp3) is 0.400. The van der Waals surface area contributed by atoms with Gasteiger partial charge in [0.1, 0.15) is 0 Å². The van der Waals surface area contributed by atoms with Gasteiger partial charge in [0.15, 0.2) is 5.15 Å². The Hall–Kier alpha value is -0.130. The first-order valence-corrected chi connectivity index (χ1v) is 7.08. The van der Waals surface area contributed by atoms with Gasteiger partial charge in [0.2, 0.25) is 5.91 Å². The van der Waals surface area contributed by atoms with Crippen LogP contribution >= 0.6 is 43.5 Å². The highest BCUT2D eigenvalue weighted by molar-refractivity contribution is 9.10. The van der Waals surface area contributed by atoms with Gasteiger partial charge in [-0.15, -0.1) is 0 Å². The average Bonchev–Trinajstić information content (AvgIpc) is 2.63. The number of hydrogen-bond acceptors (Lipinski definition) is 2. The maximum absolute atomic E-state index is 11.8. The van der Waals surface area contributed by atoms with E-state index in [1.54, 1.807) is 11.1 Å². The number of pyridine rings is 1. The molecular formula is C10H9Br2ClN2O. The molecule has 0 aromatic carbocycles. The molecule has 3 nitrogen and oxygen atoms in total. The molecular weight excluding hydrogens is 359 g/mol. The molecule has 6 heteroatoms. The number of nitrogens with zero attached hydrogens (tertiary/aromatic N) is 2. The predicted molar refractivity (Wildman–Crippen MR) is 71.2 cm³/mol. The van der Waals surface area contributed by atoms with E-state index in [1.807, 2.05) is 6.07 Å². The predicted octanol–water partition coefficient (Wildman–Crippen LogP) is 3.25. The smallest absolute Gasteiger partial charge is 0.227 e. The number of halogens is 3. The summed E-state index contributed by atoms with van der Waals surface area (Å²) in [5.41, 5.74) is 0.685. The van der Waals surface area contributed by atoms with E-state index in [2.05, 4.69) is 36.8 Å². The van der Waals surface area contributed by atoms with Crippen LogP contribution in [-0.2, 0) is 4.79 Å². The van der Waals surface area contributed by atoms with Crippen molar-refractivity contribution < 1.29 is 4.79 Å². The molecule has 2 rings (SSSR count). The zero-order chi connectivity index (χ0) is 11.7. The van der Waals surface area contributed by atoms with Crippen molar-refractivity contribution >= 4 is 55.1 Å². The number of alkyl halides is 1. The van der Waals surface area contributed by atoms with Crippen molar-refractivity contribution in [2.24, 2.45) is 5.92 Å². The topological polar surface area (TPSA) is 33.2 Å². The molecule has 1 saturated heterocycles. The average molecular weight is 368 g/mol. The molecule has 16 heavy (non-hydrogen) atoms. The fourth-order valence-electron chi connectivity index (χ4n) is 1.72. The highest BCUT2D eigenvalue weighted by atomic mass is 79.9. The summed E-state index contributed by atoms with van der Waals surface area (Å²) in [6.45, 7) is 0.696. The van der Waals surface area contributed by atoms with Crippen LogP contribution in [0.1, 0.15) is 6.42 Å². The zero-order valence-corrected chi connectivity index (χ0v) is 12.2. The molecule has 0 saturated carbocycles. The summed E-state index contributed by atoms with van der Waals surface area (Å²) in [4.78, 5) is 17.5. The lowest BCUT2D eigenvalue weighted by Crippen LogP contribution is -2.25. The Morgan fingerprint density at radius 1 is 1.62 bits per heavy atom. The normalized spacial score (nSPS) is 20.6. The van der Waals surface area contributed by atoms with Crippen LogP contribution in [0.5, 0.6) is 0 Å². The van der Waals surface area contributed by atoms with E-state index < -0.39 is 0 Å². The van der Waals surface area contributed by atoms with E-state index in [-0.39, 0.29) is 5.91 Å². The SMILES string of the molecule is O=C1CC(CBr)CN1c1cc(Br)cnc1Cl.